The zero-order chi connectivity index (χ0) is 13.2. The number of methoxy groups -OCH3 is 2. The van der Waals surface area contributed by atoms with E-state index in [4.69, 9.17) is 24.7 Å². The van der Waals surface area contributed by atoms with Crippen LogP contribution in [0.25, 0.3) is 0 Å². The van der Waals surface area contributed by atoms with Crippen LogP contribution in [0.1, 0.15) is 5.56 Å². The fourth-order valence-corrected chi connectivity index (χ4v) is 1.46. The molecule has 0 unspecified atom stereocenters. The third kappa shape index (κ3) is 4.91. The summed E-state index contributed by atoms with van der Waals surface area (Å²) < 4.78 is 21.1. The van der Waals surface area contributed by atoms with Crippen molar-refractivity contribution in [2.75, 3.05) is 40.6 Å². The summed E-state index contributed by atoms with van der Waals surface area (Å²) in [6.07, 6.45) is 0. The van der Waals surface area contributed by atoms with Crippen LogP contribution in [-0.4, -0.2) is 40.6 Å². The van der Waals surface area contributed by atoms with Crippen molar-refractivity contribution in [3.63, 3.8) is 0 Å². The number of hydrogen-bond acceptors (Lipinski definition) is 5. The minimum absolute atomic E-state index is 0.520. The lowest BCUT2D eigenvalue weighted by Gasteiger charge is -2.10. The lowest BCUT2D eigenvalue weighted by Crippen LogP contribution is -2.11. The molecular weight excluding hydrogens is 234 g/mol. The summed E-state index contributed by atoms with van der Waals surface area (Å²) in [5.74, 6) is 1.42. The fourth-order valence-electron chi connectivity index (χ4n) is 1.46. The number of nitrogens with two attached hydrogens (primary N) is 1. The van der Waals surface area contributed by atoms with Crippen LogP contribution in [-0.2, 0) is 16.1 Å². The molecule has 1 rings (SSSR count). The van der Waals surface area contributed by atoms with Gasteiger partial charge in [-0.15, -0.1) is 0 Å². The van der Waals surface area contributed by atoms with Crippen LogP contribution in [0.2, 0.25) is 0 Å². The SMILES string of the molecule is COc1ccc(COCCOCCN)cc1OC. The average Bonchev–Trinajstić information content (AvgIpc) is 2.42. The van der Waals surface area contributed by atoms with E-state index >= 15 is 0 Å². The number of benzene rings is 1. The Bertz CT molecular complexity index is 344. The van der Waals surface area contributed by atoms with Crippen molar-refractivity contribution in [3.05, 3.63) is 23.8 Å². The summed E-state index contributed by atoms with van der Waals surface area (Å²) in [5, 5.41) is 0. The second-order valence-electron chi connectivity index (χ2n) is 3.64. The maximum Gasteiger partial charge on any atom is 0.161 e. The molecule has 0 amide bonds. The molecule has 0 saturated carbocycles. The van der Waals surface area contributed by atoms with Gasteiger partial charge in [0.2, 0.25) is 0 Å². The molecule has 0 aromatic heterocycles. The summed E-state index contributed by atoms with van der Waals surface area (Å²) >= 11 is 0. The molecule has 1 aromatic carbocycles. The Balaban J connectivity index is 2.34. The van der Waals surface area contributed by atoms with Crippen LogP contribution < -0.4 is 15.2 Å². The van der Waals surface area contributed by atoms with Crippen LogP contribution in [0.5, 0.6) is 11.5 Å². The third-order valence-electron chi connectivity index (χ3n) is 2.35. The predicted molar refractivity (Wildman–Crippen MR) is 69.1 cm³/mol. The molecule has 102 valence electrons. The maximum atomic E-state index is 5.48. The Morgan fingerprint density at radius 1 is 0.944 bits per heavy atom. The predicted octanol–water partition coefficient (Wildman–Crippen LogP) is 1.20. The van der Waals surface area contributed by atoms with Gasteiger partial charge in [-0.2, -0.15) is 0 Å². The van der Waals surface area contributed by atoms with Gasteiger partial charge in [-0.25, -0.2) is 0 Å². The fraction of sp³-hybridized carbons (Fsp3) is 0.538. The van der Waals surface area contributed by atoms with Crippen LogP contribution in [0, 0.1) is 0 Å². The summed E-state index contributed by atoms with van der Waals surface area (Å²) in [6, 6.07) is 5.71. The van der Waals surface area contributed by atoms with E-state index in [1.165, 1.54) is 0 Å². The van der Waals surface area contributed by atoms with E-state index in [1.54, 1.807) is 14.2 Å². The van der Waals surface area contributed by atoms with Gasteiger partial charge in [0.05, 0.1) is 40.6 Å². The topological polar surface area (TPSA) is 62.9 Å². The highest BCUT2D eigenvalue weighted by atomic mass is 16.5. The zero-order valence-electron chi connectivity index (χ0n) is 11.0. The van der Waals surface area contributed by atoms with Crippen molar-refractivity contribution in [2.45, 2.75) is 6.61 Å². The molecule has 0 bridgehead atoms. The van der Waals surface area contributed by atoms with Gasteiger partial charge in [0.25, 0.3) is 0 Å². The molecule has 0 aliphatic rings. The summed E-state index contributed by atoms with van der Waals surface area (Å²) in [7, 11) is 3.23. The molecule has 0 aliphatic carbocycles. The molecule has 0 radical (unpaired) electrons. The number of rotatable bonds is 9. The summed E-state index contributed by atoms with van der Waals surface area (Å²) in [5.41, 5.74) is 6.34. The van der Waals surface area contributed by atoms with E-state index in [0.29, 0.717) is 44.5 Å². The minimum Gasteiger partial charge on any atom is -0.493 e. The largest absolute Gasteiger partial charge is 0.493 e. The van der Waals surface area contributed by atoms with Gasteiger partial charge in [0, 0.05) is 6.54 Å². The highest BCUT2D eigenvalue weighted by Gasteiger charge is 2.04. The van der Waals surface area contributed by atoms with Gasteiger partial charge in [-0.3, -0.25) is 0 Å². The van der Waals surface area contributed by atoms with Crippen molar-refractivity contribution in [1.29, 1.82) is 0 Å². The molecule has 0 spiro atoms. The van der Waals surface area contributed by atoms with E-state index in [-0.39, 0.29) is 0 Å². The van der Waals surface area contributed by atoms with Gasteiger partial charge in [0.1, 0.15) is 0 Å². The van der Waals surface area contributed by atoms with Gasteiger partial charge < -0.3 is 24.7 Å². The Hall–Kier alpha value is -1.30. The Kier molecular flexibility index (Phi) is 7.17. The normalized spacial score (nSPS) is 10.4. The highest BCUT2D eigenvalue weighted by molar-refractivity contribution is 5.42. The first-order valence-electron chi connectivity index (χ1n) is 5.88. The molecule has 2 N–H and O–H groups in total. The van der Waals surface area contributed by atoms with E-state index in [9.17, 15) is 0 Å². The molecule has 0 heterocycles. The van der Waals surface area contributed by atoms with Crippen LogP contribution in [0.4, 0.5) is 0 Å². The van der Waals surface area contributed by atoms with E-state index in [2.05, 4.69) is 0 Å². The average molecular weight is 255 g/mol. The third-order valence-corrected chi connectivity index (χ3v) is 2.35. The van der Waals surface area contributed by atoms with Crippen molar-refractivity contribution >= 4 is 0 Å². The lowest BCUT2D eigenvalue weighted by atomic mass is 10.2. The minimum atomic E-state index is 0.520. The molecule has 1 aromatic rings. The zero-order valence-corrected chi connectivity index (χ0v) is 11.0. The van der Waals surface area contributed by atoms with Crippen LogP contribution >= 0.6 is 0 Å². The molecule has 5 nitrogen and oxygen atoms in total. The monoisotopic (exact) mass is 255 g/mol. The van der Waals surface area contributed by atoms with Crippen molar-refractivity contribution < 1.29 is 18.9 Å². The Morgan fingerprint density at radius 2 is 1.67 bits per heavy atom. The van der Waals surface area contributed by atoms with Crippen molar-refractivity contribution in [1.82, 2.24) is 0 Å². The van der Waals surface area contributed by atoms with Crippen molar-refractivity contribution in [2.24, 2.45) is 5.73 Å². The molecule has 18 heavy (non-hydrogen) atoms. The van der Waals surface area contributed by atoms with Crippen LogP contribution in [0.15, 0.2) is 18.2 Å². The molecule has 0 fully saturated rings. The second kappa shape index (κ2) is 8.74. The van der Waals surface area contributed by atoms with Gasteiger partial charge in [-0.1, -0.05) is 6.07 Å². The maximum absolute atomic E-state index is 5.48. The van der Waals surface area contributed by atoms with Crippen LogP contribution in [0.3, 0.4) is 0 Å². The van der Waals surface area contributed by atoms with E-state index < -0.39 is 0 Å². The number of ether oxygens (including phenoxy) is 4. The molecule has 0 aliphatic heterocycles. The molecule has 0 saturated heterocycles. The van der Waals surface area contributed by atoms with Gasteiger partial charge in [-0.05, 0) is 17.7 Å². The van der Waals surface area contributed by atoms with Gasteiger partial charge in [0.15, 0.2) is 11.5 Å². The molecule has 0 atom stereocenters. The summed E-state index contributed by atoms with van der Waals surface area (Å²) in [6.45, 7) is 2.74. The quantitative estimate of drug-likeness (QED) is 0.672. The van der Waals surface area contributed by atoms with Gasteiger partial charge >= 0.3 is 0 Å². The smallest absolute Gasteiger partial charge is 0.161 e. The Labute approximate surface area is 108 Å². The first-order chi connectivity index (χ1) is 8.81. The number of hydrogen-bond donors (Lipinski definition) is 1. The molecule has 5 heteroatoms. The first kappa shape index (κ1) is 14.8. The standard InChI is InChI=1S/C13H21NO4/c1-15-12-4-3-11(9-13(12)16-2)10-18-8-7-17-6-5-14/h3-4,9H,5-8,10,14H2,1-2H3. The lowest BCUT2D eigenvalue weighted by molar-refractivity contribution is 0.0433. The molecular formula is C13H21NO4. The van der Waals surface area contributed by atoms with E-state index in [1.807, 2.05) is 18.2 Å². The first-order valence-corrected chi connectivity index (χ1v) is 5.88. The highest BCUT2D eigenvalue weighted by Crippen LogP contribution is 2.27. The van der Waals surface area contributed by atoms with E-state index in [0.717, 1.165) is 5.56 Å². The van der Waals surface area contributed by atoms with Crippen molar-refractivity contribution in [3.8, 4) is 11.5 Å². The summed E-state index contributed by atoms with van der Waals surface area (Å²) in [4.78, 5) is 0. The Morgan fingerprint density at radius 3 is 2.33 bits per heavy atom. The second-order valence-corrected chi connectivity index (χ2v) is 3.64.